The van der Waals surface area contributed by atoms with Crippen LogP contribution < -0.4 is 5.32 Å². The molecule has 0 unspecified atom stereocenters. The number of aromatic amines is 1. The highest BCUT2D eigenvalue weighted by molar-refractivity contribution is 5.99. The minimum absolute atomic E-state index is 0.213. The van der Waals surface area contributed by atoms with Crippen molar-refractivity contribution in [1.82, 2.24) is 10.3 Å². The van der Waals surface area contributed by atoms with E-state index in [1.165, 1.54) is 0 Å². The molecule has 7 heteroatoms. The first-order valence-electron chi connectivity index (χ1n) is 8.28. The van der Waals surface area contributed by atoms with Crippen LogP contribution in [0.5, 0.6) is 0 Å². The Morgan fingerprint density at radius 1 is 1.04 bits per heavy atom. The molecule has 1 amide bonds. The van der Waals surface area contributed by atoms with Crippen LogP contribution in [0, 0.1) is 13.8 Å². The fourth-order valence-corrected chi connectivity index (χ4v) is 2.51. The monoisotopic (exact) mass is 358 g/mol. The number of carbonyl (C=O) groups excluding carboxylic acids is 3. The maximum absolute atomic E-state index is 12.3. The van der Waals surface area contributed by atoms with E-state index in [0.29, 0.717) is 17.8 Å². The summed E-state index contributed by atoms with van der Waals surface area (Å²) in [5.41, 5.74) is 2.33. The fourth-order valence-electron chi connectivity index (χ4n) is 2.51. The molecule has 2 aromatic rings. The summed E-state index contributed by atoms with van der Waals surface area (Å²) in [5, 5.41) is 2.68. The summed E-state index contributed by atoms with van der Waals surface area (Å²) in [5.74, 6) is -1.60. The van der Waals surface area contributed by atoms with Crippen molar-refractivity contribution < 1.29 is 23.9 Å². The van der Waals surface area contributed by atoms with Crippen LogP contribution in [0.15, 0.2) is 30.3 Å². The molecule has 0 spiro atoms. The van der Waals surface area contributed by atoms with Gasteiger partial charge in [-0.15, -0.1) is 0 Å². The Morgan fingerprint density at radius 2 is 1.73 bits per heavy atom. The number of nitrogens with one attached hydrogen (secondary N) is 2. The molecule has 138 valence electrons. The van der Waals surface area contributed by atoms with Gasteiger partial charge in [0, 0.05) is 12.2 Å². The molecule has 0 saturated heterocycles. The molecule has 0 fully saturated rings. The summed E-state index contributed by atoms with van der Waals surface area (Å²) >= 11 is 0. The molecule has 1 aromatic carbocycles. The topological polar surface area (TPSA) is 97.5 Å². The number of carbonyl (C=O) groups is 3. The lowest BCUT2D eigenvalue weighted by Gasteiger charge is -2.07. The zero-order valence-electron chi connectivity index (χ0n) is 15.0. The highest BCUT2D eigenvalue weighted by Crippen LogP contribution is 2.19. The third-order valence-corrected chi connectivity index (χ3v) is 3.79. The smallest absolute Gasteiger partial charge is 0.355 e. The van der Waals surface area contributed by atoms with Gasteiger partial charge in [-0.3, -0.25) is 4.79 Å². The van der Waals surface area contributed by atoms with Gasteiger partial charge in [-0.2, -0.15) is 0 Å². The van der Waals surface area contributed by atoms with Gasteiger partial charge in [0.15, 0.2) is 6.61 Å². The average molecular weight is 358 g/mol. The Kier molecular flexibility index (Phi) is 6.54. The van der Waals surface area contributed by atoms with Crippen LogP contribution in [-0.2, 0) is 20.8 Å². The van der Waals surface area contributed by atoms with E-state index in [-0.39, 0.29) is 17.9 Å². The Balaban J connectivity index is 1.93. The summed E-state index contributed by atoms with van der Waals surface area (Å²) in [6.07, 6.45) is 0. The molecule has 0 aliphatic heterocycles. The number of ether oxygens (including phenoxy) is 2. The number of H-pyrrole nitrogens is 1. The van der Waals surface area contributed by atoms with E-state index in [0.717, 1.165) is 5.56 Å². The number of hydrogen-bond acceptors (Lipinski definition) is 5. The standard InChI is InChI=1S/C19H22N2O5/c1-4-25-19(24)17-12(2)16(13(3)21-17)18(23)26-11-15(22)20-10-14-8-6-5-7-9-14/h5-9,21H,4,10-11H2,1-3H3,(H,20,22). The Labute approximate surface area is 151 Å². The van der Waals surface area contributed by atoms with Crippen LogP contribution in [-0.4, -0.2) is 36.0 Å². The molecule has 0 atom stereocenters. The van der Waals surface area contributed by atoms with Gasteiger partial charge < -0.3 is 19.8 Å². The minimum Gasteiger partial charge on any atom is -0.461 e. The number of amides is 1. The first-order chi connectivity index (χ1) is 12.4. The van der Waals surface area contributed by atoms with Gasteiger partial charge in [-0.1, -0.05) is 30.3 Å². The quantitative estimate of drug-likeness (QED) is 0.740. The molecule has 1 aromatic heterocycles. The average Bonchev–Trinajstić information content (AvgIpc) is 2.93. The number of esters is 2. The molecule has 2 N–H and O–H groups in total. The van der Waals surface area contributed by atoms with Crippen molar-refractivity contribution in [1.29, 1.82) is 0 Å². The zero-order chi connectivity index (χ0) is 19.1. The number of aromatic nitrogens is 1. The molecular weight excluding hydrogens is 336 g/mol. The molecule has 0 aliphatic carbocycles. The lowest BCUT2D eigenvalue weighted by Crippen LogP contribution is -2.28. The molecule has 0 bridgehead atoms. The Hall–Kier alpha value is -3.09. The number of aryl methyl sites for hydroxylation is 1. The molecule has 1 heterocycles. The predicted molar refractivity (Wildman–Crippen MR) is 94.8 cm³/mol. The van der Waals surface area contributed by atoms with E-state index in [1.54, 1.807) is 20.8 Å². The molecule has 0 aliphatic rings. The van der Waals surface area contributed by atoms with Gasteiger partial charge in [0.05, 0.1) is 12.2 Å². The zero-order valence-corrected chi connectivity index (χ0v) is 15.0. The fraction of sp³-hybridized carbons (Fsp3) is 0.316. The SMILES string of the molecule is CCOC(=O)c1[nH]c(C)c(C(=O)OCC(=O)NCc2ccccc2)c1C. The maximum Gasteiger partial charge on any atom is 0.355 e. The molecular formula is C19H22N2O5. The van der Waals surface area contributed by atoms with Gasteiger partial charge in [0.2, 0.25) is 0 Å². The van der Waals surface area contributed by atoms with Gasteiger partial charge in [-0.05, 0) is 31.9 Å². The van der Waals surface area contributed by atoms with Gasteiger partial charge in [0.25, 0.3) is 5.91 Å². The second-order valence-corrected chi connectivity index (χ2v) is 5.68. The summed E-state index contributed by atoms with van der Waals surface area (Å²) < 4.78 is 10.0. The first-order valence-corrected chi connectivity index (χ1v) is 8.28. The van der Waals surface area contributed by atoms with Crippen molar-refractivity contribution in [2.45, 2.75) is 27.3 Å². The van der Waals surface area contributed by atoms with Crippen LogP contribution >= 0.6 is 0 Å². The van der Waals surface area contributed by atoms with Crippen molar-refractivity contribution in [2.24, 2.45) is 0 Å². The molecule has 0 radical (unpaired) electrons. The third kappa shape index (κ3) is 4.72. The van der Waals surface area contributed by atoms with Crippen LogP contribution in [0.1, 0.15) is 44.6 Å². The normalized spacial score (nSPS) is 10.3. The third-order valence-electron chi connectivity index (χ3n) is 3.79. The lowest BCUT2D eigenvalue weighted by molar-refractivity contribution is -0.124. The minimum atomic E-state index is -0.665. The van der Waals surface area contributed by atoms with Crippen LogP contribution in [0.3, 0.4) is 0 Å². The molecule has 7 nitrogen and oxygen atoms in total. The van der Waals surface area contributed by atoms with Gasteiger partial charge in [-0.25, -0.2) is 9.59 Å². The van der Waals surface area contributed by atoms with Crippen molar-refractivity contribution in [3.63, 3.8) is 0 Å². The van der Waals surface area contributed by atoms with Crippen LogP contribution in [0.4, 0.5) is 0 Å². The van der Waals surface area contributed by atoms with E-state index < -0.39 is 24.5 Å². The number of rotatable bonds is 7. The van der Waals surface area contributed by atoms with Crippen molar-refractivity contribution in [3.05, 3.63) is 58.4 Å². The number of benzene rings is 1. The summed E-state index contributed by atoms with van der Waals surface area (Å²) in [6, 6.07) is 9.41. The summed E-state index contributed by atoms with van der Waals surface area (Å²) in [7, 11) is 0. The molecule has 2 rings (SSSR count). The first kappa shape index (κ1) is 19.2. The van der Waals surface area contributed by atoms with E-state index in [4.69, 9.17) is 9.47 Å². The van der Waals surface area contributed by atoms with Crippen molar-refractivity contribution >= 4 is 17.8 Å². The maximum atomic E-state index is 12.3. The lowest BCUT2D eigenvalue weighted by atomic mass is 10.1. The van der Waals surface area contributed by atoms with E-state index in [1.807, 2.05) is 30.3 Å². The molecule has 0 saturated carbocycles. The largest absolute Gasteiger partial charge is 0.461 e. The summed E-state index contributed by atoms with van der Waals surface area (Å²) in [4.78, 5) is 38.8. The highest BCUT2D eigenvalue weighted by Gasteiger charge is 2.24. The Bertz CT molecular complexity index is 796. The predicted octanol–water partition coefficient (Wildman–Crippen LogP) is 2.28. The van der Waals surface area contributed by atoms with Crippen LogP contribution in [0.25, 0.3) is 0 Å². The highest BCUT2D eigenvalue weighted by atomic mass is 16.5. The van der Waals surface area contributed by atoms with Crippen molar-refractivity contribution in [2.75, 3.05) is 13.2 Å². The van der Waals surface area contributed by atoms with Crippen molar-refractivity contribution in [3.8, 4) is 0 Å². The second kappa shape index (κ2) is 8.84. The van der Waals surface area contributed by atoms with E-state index >= 15 is 0 Å². The Morgan fingerprint density at radius 3 is 2.38 bits per heavy atom. The van der Waals surface area contributed by atoms with Gasteiger partial charge in [0.1, 0.15) is 5.69 Å². The number of hydrogen-bond donors (Lipinski definition) is 2. The van der Waals surface area contributed by atoms with E-state index in [2.05, 4.69) is 10.3 Å². The van der Waals surface area contributed by atoms with Crippen LogP contribution in [0.2, 0.25) is 0 Å². The summed E-state index contributed by atoms with van der Waals surface area (Å²) in [6.45, 7) is 5.17. The van der Waals surface area contributed by atoms with Gasteiger partial charge >= 0.3 is 11.9 Å². The second-order valence-electron chi connectivity index (χ2n) is 5.68. The molecule has 26 heavy (non-hydrogen) atoms. The van der Waals surface area contributed by atoms with E-state index in [9.17, 15) is 14.4 Å².